The van der Waals surface area contributed by atoms with Crippen molar-refractivity contribution in [2.75, 3.05) is 45.3 Å². The van der Waals surface area contributed by atoms with Crippen LogP contribution in [0.25, 0.3) is 0 Å². The summed E-state index contributed by atoms with van der Waals surface area (Å²) in [4.78, 5) is 34.1. The van der Waals surface area contributed by atoms with E-state index >= 15 is 0 Å². The number of amides is 2. The molecule has 0 spiro atoms. The lowest BCUT2D eigenvalue weighted by molar-refractivity contribution is -0.131. The highest BCUT2D eigenvalue weighted by molar-refractivity contribution is 5.96. The van der Waals surface area contributed by atoms with Crippen molar-refractivity contribution >= 4 is 17.5 Å². The van der Waals surface area contributed by atoms with Gasteiger partial charge in [-0.05, 0) is 80.1 Å². The number of carbonyl (C=O) groups excluding carboxylic acids is 2. The summed E-state index contributed by atoms with van der Waals surface area (Å²) in [7, 11) is 3.30. The molecule has 7 nitrogen and oxygen atoms in total. The number of benzene rings is 3. The van der Waals surface area contributed by atoms with Gasteiger partial charge in [0.05, 0.1) is 32.7 Å². The fourth-order valence-corrected chi connectivity index (χ4v) is 5.75. The summed E-state index contributed by atoms with van der Waals surface area (Å²) in [5.41, 5.74) is 5.88. The Morgan fingerprint density at radius 1 is 0.786 bits per heavy atom. The van der Waals surface area contributed by atoms with Crippen LogP contribution in [0.2, 0.25) is 0 Å². The van der Waals surface area contributed by atoms with Crippen molar-refractivity contribution in [1.82, 2.24) is 9.80 Å². The summed E-state index contributed by atoms with van der Waals surface area (Å²) in [6.07, 6.45) is 1.46. The Hall–Kier alpha value is -3.84. The molecule has 0 saturated heterocycles. The number of methoxy groups -OCH3 is 2. The lowest BCUT2D eigenvalue weighted by Crippen LogP contribution is -2.42. The first kappa shape index (κ1) is 31.1. The number of para-hydroxylation sites is 1. The fraction of sp³-hybridized carbons (Fsp3) is 0.429. The van der Waals surface area contributed by atoms with Gasteiger partial charge in [0.2, 0.25) is 11.8 Å². The molecule has 224 valence electrons. The monoisotopic (exact) mass is 571 g/mol. The van der Waals surface area contributed by atoms with Crippen LogP contribution >= 0.6 is 0 Å². The topological polar surface area (TPSA) is 62.3 Å². The second kappa shape index (κ2) is 14.4. The Bertz CT molecular complexity index is 1370. The zero-order valence-electron chi connectivity index (χ0n) is 26.0. The average Bonchev–Trinajstić information content (AvgIpc) is 3.00. The summed E-state index contributed by atoms with van der Waals surface area (Å²) in [5, 5.41) is 0. The molecule has 0 atom stereocenters. The third kappa shape index (κ3) is 7.71. The molecular formula is C35H45N3O4. The Labute approximate surface area is 251 Å². The largest absolute Gasteiger partial charge is 0.497 e. The number of hydrogen-bond acceptors (Lipinski definition) is 5. The van der Waals surface area contributed by atoms with Gasteiger partial charge in [0.1, 0.15) is 11.5 Å². The summed E-state index contributed by atoms with van der Waals surface area (Å²) >= 11 is 0. The molecule has 2 amide bonds. The third-order valence-electron chi connectivity index (χ3n) is 8.15. The van der Waals surface area contributed by atoms with Crippen molar-refractivity contribution in [2.24, 2.45) is 0 Å². The van der Waals surface area contributed by atoms with Crippen molar-refractivity contribution < 1.29 is 19.1 Å². The number of nitrogens with zero attached hydrogens (tertiary/aromatic N) is 3. The van der Waals surface area contributed by atoms with Gasteiger partial charge in [0.15, 0.2) is 0 Å². The first-order valence-corrected chi connectivity index (χ1v) is 14.9. The molecular weight excluding hydrogens is 526 g/mol. The first-order chi connectivity index (χ1) is 20.2. The highest BCUT2D eigenvalue weighted by atomic mass is 16.5. The Balaban J connectivity index is 1.66. The molecule has 0 fully saturated rings. The normalized spacial score (nSPS) is 14.7. The van der Waals surface area contributed by atoms with E-state index in [1.165, 1.54) is 0 Å². The van der Waals surface area contributed by atoms with Gasteiger partial charge in [0, 0.05) is 38.8 Å². The van der Waals surface area contributed by atoms with Gasteiger partial charge in [-0.25, -0.2) is 0 Å². The van der Waals surface area contributed by atoms with E-state index in [1.54, 1.807) is 14.2 Å². The molecule has 42 heavy (non-hydrogen) atoms. The van der Waals surface area contributed by atoms with E-state index in [1.807, 2.05) is 65.3 Å². The SMILES string of the molecule is COc1ccc(CC(=O)N2CCCN(C(C)C)CCN(C(=O)Cc3ccc(OC)c(C)c3)Cc3cccc(C)c32)cc1. The molecule has 1 aliphatic rings. The number of hydrogen-bond donors (Lipinski definition) is 0. The van der Waals surface area contributed by atoms with Crippen LogP contribution < -0.4 is 14.4 Å². The van der Waals surface area contributed by atoms with E-state index in [0.717, 1.165) is 64.5 Å². The quantitative estimate of drug-likeness (QED) is 0.371. The van der Waals surface area contributed by atoms with Gasteiger partial charge in [-0.2, -0.15) is 0 Å². The van der Waals surface area contributed by atoms with Crippen LogP contribution in [0.5, 0.6) is 11.5 Å². The molecule has 4 rings (SSSR count). The van der Waals surface area contributed by atoms with Gasteiger partial charge >= 0.3 is 0 Å². The lowest BCUT2D eigenvalue weighted by atomic mass is 10.0. The number of rotatable bonds is 7. The second-order valence-electron chi connectivity index (χ2n) is 11.4. The van der Waals surface area contributed by atoms with Gasteiger partial charge < -0.3 is 19.3 Å². The van der Waals surface area contributed by atoms with E-state index in [2.05, 4.69) is 37.8 Å². The minimum Gasteiger partial charge on any atom is -0.497 e. The number of anilines is 1. The van der Waals surface area contributed by atoms with Crippen LogP contribution in [0.3, 0.4) is 0 Å². The predicted octanol–water partition coefficient (Wildman–Crippen LogP) is 5.58. The minimum absolute atomic E-state index is 0.0534. The number of carbonyl (C=O) groups is 2. The molecule has 3 aromatic rings. The minimum atomic E-state index is 0.0534. The Morgan fingerprint density at radius 3 is 2.17 bits per heavy atom. The molecule has 7 heteroatoms. The maximum atomic E-state index is 13.9. The number of fused-ring (bicyclic) bond motifs is 1. The number of aryl methyl sites for hydroxylation is 2. The van der Waals surface area contributed by atoms with E-state index in [9.17, 15) is 9.59 Å². The summed E-state index contributed by atoms with van der Waals surface area (Å²) < 4.78 is 10.7. The van der Waals surface area contributed by atoms with Gasteiger partial charge in [-0.15, -0.1) is 0 Å². The van der Waals surface area contributed by atoms with Crippen LogP contribution in [-0.2, 0) is 29.0 Å². The van der Waals surface area contributed by atoms with Crippen molar-refractivity contribution in [3.8, 4) is 11.5 Å². The molecule has 0 bridgehead atoms. The van der Waals surface area contributed by atoms with Gasteiger partial charge in [0.25, 0.3) is 0 Å². The lowest BCUT2D eigenvalue weighted by Gasteiger charge is -2.30. The van der Waals surface area contributed by atoms with Gasteiger partial charge in [-0.1, -0.05) is 42.5 Å². The van der Waals surface area contributed by atoms with Crippen molar-refractivity contribution in [1.29, 1.82) is 0 Å². The molecule has 0 aliphatic carbocycles. The maximum Gasteiger partial charge on any atom is 0.231 e. The van der Waals surface area contributed by atoms with Crippen molar-refractivity contribution in [3.05, 3.63) is 88.5 Å². The van der Waals surface area contributed by atoms with Crippen LogP contribution in [0.1, 0.15) is 48.1 Å². The highest BCUT2D eigenvalue weighted by Gasteiger charge is 2.26. The van der Waals surface area contributed by atoms with E-state index in [-0.39, 0.29) is 11.8 Å². The van der Waals surface area contributed by atoms with E-state index in [0.29, 0.717) is 38.5 Å². The number of ether oxygens (including phenoxy) is 2. The maximum absolute atomic E-state index is 13.9. The molecule has 3 aromatic carbocycles. The first-order valence-electron chi connectivity index (χ1n) is 14.9. The highest BCUT2D eigenvalue weighted by Crippen LogP contribution is 2.29. The van der Waals surface area contributed by atoms with E-state index in [4.69, 9.17) is 9.47 Å². The van der Waals surface area contributed by atoms with Crippen molar-refractivity contribution in [2.45, 2.75) is 59.5 Å². The van der Waals surface area contributed by atoms with Crippen molar-refractivity contribution in [3.63, 3.8) is 0 Å². The second-order valence-corrected chi connectivity index (χ2v) is 11.4. The zero-order valence-corrected chi connectivity index (χ0v) is 26.0. The summed E-state index contributed by atoms with van der Waals surface area (Å²) in [5.74, 6) is 1.72. The zero-order chi connectivity index (χ0) is 30.2. The molecule has 1 heterocycles. The summed E-state index contributed by atoms with van der Waals surface area (Å²) in [6, 6.07) is 20.1. The van der Waals surface area contributed by atoms with Crippen LogP contribution in [0.4, 0.5) is 5.69 Å². The molecule has 0 radical (unpaired) electrons. The molecule has 1 aliphatic heterocycles. The average molecular weight is 572 g/mol. The van der Waals surface area contributed by atoms with Crippen LogP contribution in [0, 0.1) is 13.8 Å². The molecule has 0 N–H and O–H groups in total. The van der Waals surface area contributed by atoms with Gasteiger partial charge in [-0.3, -0.25) is 14.5 Å². The molecule has 0 saturated carbocycles. The molecule has 0 unspecified atom stereocenters. The fourth-order valence-electron chi connectivity index (χ4n) is 5.75. The molecule has 0 aromatic heterocycles. The summed E-state index contributed by atoms with van der Waals surface area (Å²) in [6.45, 7) is 11.8. The Morgan fingerprint density at radius 2 is 1.50 bits per heavy atom. The predicted molar refractivity (Wildman–Crippen MR) is 168 cm³/mol. The Kier molecular flexibility index (Phi) is 10.6. The van der Waals surface area contributed by atoms with Crippen LogP contribution in [-0.4, -0.2) is 68.1 Å². The van der Waals surface area contributed by atoms with E-state index < -0.39 is 0 Å². The standard InChI is InChI=1S/C35H45N3O4/c1-25(2)36-17-8-18-38(34(40)22-28-11-14-31(41-5)15-12-28)35-26(3)9-7-10-30(35)24-37(20-19-36)33(39)23-29-13-16-32(42-6)27(4)21-29/h7,9-16,21,25H,8,17-20,22-24H2,1-6H3. The smallest absolute Gasteiger partial charge is 0.231 e. The van der Waals surface area contributed by atoms with Crippen LogP contribution in [0.15, 0.2) is 60.7 Å². The third-order valence-corrected chi connectivity index (χ3v) is 8.15.